The van der Waals surface area contributed by atoms with Gasteiger partial charge < -0.3 is 5.11 Å². The molecule has 0 aromatic rings. The first-order valence-corrected chi connectivity index (χ1v) is 4.85. The molecule has 0 saturated carbocycles. The van der Waals surface area contributed by atoms with Crippen LogP contribution in [0.15, 0.2) is 0 Å². The van der Waals surface area contributed by atoms with Gasteiger partial charge in [-0.1, -0.05) is 6.92 Å². The SMILES string of the molecule is CC[C@@H](NS(=O)(=O)NC)C(=O)O. The zero-order valence-electron chi connectivity index (χ0n) is 6.86. The fourth-order valence-corrected chi connectivity index (χ4v) is 1.31. The van der Waals surface area contributed by atoms with Gasteiger partial charge in [0, 0.05) is 7.05 Å². The zero-order valence-corrected chi connectivity index (χ0v) is 7.68. The van der Waals surface area contributed by atoms with Crippen molar-refractivity contribution in [2.75, 3.05) is 7.05 Å². The van der Waals surface area contributed by atoms with E-state index in [0.717, 1.165) is 0 Å². The van der Waals surface area contributed by atoms with Gasteiger partial charge in [0.2, 0.25) is 0 Å². The maximum absolute atomic E-state index is 10.8. The summed E-state index contributed by atoms with van der Waals surface area (Å²) in [6.45, 7) is 1.58. The second-order valence-electron chi connectivity index (χ2n) is 2.12. The van der Waals surface area contributed by atoms with Crippen molar-refractivity contribution >= 4 is 16.2 Å². The van der Waals surface area contributed by atoms with E-state index in [-0.39, 0.29) is 6.42 Å². The van der Waals surface area contributed by atoms with Crippen molar-refractivity contribution in [1.29, 1.82) is 0 Å². The number of rotatable bonds is 5. The molecule has 0 aliphatic rings. The molecule has 0 aliphatic carbocycles. The van der Waals surface area contributed by atoms with Gasteiger partial charge in [0.25, 0.3) is 10.2 Å². The molecule has 0 rings (SSSR count). The van der Waals surface area contributed by atoms with Crippen LogP contribution in [0.25, 0.3) is 0 Å². The minimum absolute atomic E-state index is 0.205. The van der Waals surface area contributed by atoms with Gasteiger partial charge in [-0.25, -0.2) is 4.72 Å². The van der Waals surface area contributed by atoms with E-state index in [1.807, 2.05) is 9.44 Å². The molecule has 0 radical (unpaired) electrons. The number of hydrogen-bond acceptors (Lipinski definition) is 3. The Hall–Kier alpha value is -0.660. The van der Waals surface area contributed by atoms with Crippen molar-refractivity contribution in [2.45, 2.75) is 19.4 Å². The quantitative estimate of drug-likeness (QED) is 0.520. The van der Waals surface area contributed by atoms with Crippen LogP contribution in [0.2, 0.25) is 0 Å². The highest BCUT2D eigenvalue weighted by molar-refractivity contribution is 7.87. The van der Waals surface area contributed by atoms with Crippen molar-refractivity contribution in [3.8, 4) is 0 Å². The van der Waals surface area contributed by atoms with Crippen molar-refractivity contribution < 1.29 is 18.3 Å². The molecule has 0 fully saturated rings. The summed E-state index contributed by atoms with van der Waals surface area (Å²) >= 11 is 0. The second kappa shape index (κ2) is 4.39. The molecule has 6 nitrogen and oxygen atoms in total. The van der Waals surface area contributed by atoms with Crippen molar-refractivity contribution in [2.24, 2.45) is 0 Å². The number of aliphatic carboxylic acids is 1. The molecule has 0 amide bonds. The molecule has 0 spiro atoms. The van der Waals surface area contributed by atoms with Crippen molar-refractivity contribution in [1.82, 2.24) is 9.44 Å². The standard InChI is InChI=1S/C5H12N2O4S/c1-3-4(5(8)9)7-12(10,11)6-2/h4,6-7H,3H2,1-2H3,(H,8,9)/t4-/m1/s1. The normalized spacial score (nSPS) is 14.2. The molecule has 12 heavy (non-hydrogen) atoms. The summed E-state index contributed by atoms with van der Waals surface area (Å²) in [6.07, 6.45) is 0.205. The lowest BCUT2D eigenvalue weighted by Crippen LogP contribution is -2.44. The second-order valence-corrected chi connectivity index (χ2v) is 3.78. The van der Waals surface area contributed by atoms with Crippen LogP contribution in [0, 0.1) is 0 Å². The van der Waals surface area contributed by atoms with E-state index in [1.165, 1.54) is 7.05 Å². The first kappa shape index (κ1) is 11.3. The monoisotopic (exact) mass is 196 g/mol. The predicted molar refractivity (Wildman–Crippen MR) is 42.8 cm³/mol. The van der Waals surface area contributed by atoms with Crippen molar-refractivity contribution in [3.63, 3.8) is 0 Å². The summed E-state index contributed by atoms with van der Waals surface area (Å²) in [6, 6.07) is -1.07. The van der Waals surface area contributed by atoms with E-state index in [1.54, 1.807) is 6.92 Å². The van der Waals surface area contributed by atoms with Crippen LogP contribution in [0.4, 0.5) is 0 Å². The summed E-state index contributed by atoms with van der Waals surface area (Å²) in [7, 11) is -2.45. The van der Waals surface area contributed by atoms with Gasteiger partial charge >= 0.3 is 5.97 Å². The average molecular weight is 196 g/mol. The number of carboxylic acid groups (broad SMARTS) is 1. The van der Waals surface area contributed by atoms with Gasteiger partial charge in [-0.15, -0.1) is 0 Å². The number of nitrogens with one attached hydrogen (secondary N) is 2. The van der Waals surface area contributed by atoms with Gasteiger partial charge in [0.15, 0.2) is 0 Å². The van der Waals surface area contributed by atoms with Crippen molar-refractivity contribution in [3.05, 3.63) is 0 Å². The Kier molecular flexibility index (Phi) is 4.15. The largest absolute Gasteiger partial charge is 0.480 e. The Bertz CT molecular complexity index is 248. The molecule has 0 aliphatic heterocycles. The van der Waals surface area contributed by atoms with E-state index in [2.05, 4.69) is 0 Å². The maximum Gasteiger partial charge on any atom is 0.321 e. The van der Waals surface area contributed by atoms with Crippen LogP contribution in [0.1, 0.15) is 13.3 Å². The number of carboxylic acids is 1. The highest BCUT2D eigenvalue weighted by atomic mass is 32.2. The van der Waals surface area contributed by atoms with E-state index in [4.69, 9.17) is 5.11 Å². The highest BCUT2D eigenvalue weighted by Crippen LogP contribution is 1.92. The van der Waals surface area contributed by atoms with Crippen LogP contribution in [0.5, 0.6) is 0 Å². The van der Waals surface area contributed by atoms with E-state index in [0.29, 0.717) is 0 Å². The first-order valence-electron chi connectivity index (χ1n) is 3.36. The summed E-state index contributed by atoms with van der Waals surface area (Å²) in [4.78, 5) is 10.4. The summed E-state index contributed by atoms with van der Waals surface area (Å²) in [5.74, 6) is -1.18. The molecule has 0 saturated heterocycles. The van der Waals surface area contributed by atoms with Crippen LogP contribution >= 0.6 is 0 Å². The van der Waals surface area contributed by atoms with Gasteiger partial charge in [-0.3, -0.25) is 4.79 Å². The molecule has 7 heteroatoms. The van der Waals surface area contributed by atoms with Gasteiger partial charge in [-0.2, -0.15) is 13.1 Å². The Morgan fingerprint density at radius 3 is 2.33 bits per heavy atom. The third kappa shape index (κ3) is 3.65. The van der Waals surface area contributed by atoms with Gasteiger partial charge in [-0.05, 0) is 6.42 Å². The molecule has 3 N–H and O–H groups in total. The predicted octanol–water partition coefficient (Wildman–Crippen LogP) is -1.10. The Morgan fingerprint density at radius 2 is 2.08 bits per heavy atom. The highest BCUT2D eigenvalue weighted by Gasteiger charge is 2.20. The Morgan fingerprint density at radius 1 is 1.58 bits per heavy atom. The molecule has 72 valence electrons. The molecule has 0 aromatic heterocycles. The zero-order chi connectivity index (χ0) is 9.78. The molecule has 1 atom stereocenters. The molecule has 0 heterocycles. The Balaban J connectivity index is 4.32. The Labute approximate surface area is 71.2 Å². The fraction of sp³-hybridized carbons (Fsp3) is 0.800. The average Bonchev–Trinajstić information content (AvgIpc) is 2.00. The fourth-order valence-electron chi connectivity index (χ4n) is 0.555. The summed E-state index contributed by atoms with van der Waals surface area (Å²) in [5.41, 5.74) is 0. The molecule has 0 unspecified atom stereocenters. The van der Waals surface area contributed by atoms with Crippen LogP contribution in [0.3, 0.4) is 0 Å². The van der Waals surface area contributed by atoms with E-state index >= 15 is 0 Å². The minimum atomic E-state index is -3.66. The molecule has 0 bridgehead atoms. The molecule has 0 aromatic carbocycles. The lowest BCUT2D eigenvalue weighted by Gasteiger charge is -2.10. The maximum atomic E-state index is 10.8. The van der Waals surface area contributed by atoms with E-state index in [9.17, 15) is 13.2 Å². The minimum Gasteiger partial charge on any atom is -0.480 e. The third-order valence-electron chi connectivity index (χ3n) is 1.27. The van der Waals surface area contributed by atoms with Crippen LogP contribution < -0.4 is 9.44 Å². The lowest BCUT2D eigenvalue weighted by molar-refractivity contribution is -0.139. The number of carbonyl (C=O) groups is 1. The number of hydrogen-bond donors (Lipinski definition) is 3. The molecular formula is C5H12N2O4S. The van der Waals surface area contributed by atoms with Crippen LogP contribution in [-0.4, -0.2) is 32.6 Å². The third-order valence-corrected chi connectivity index (χ3v) is 2.40. The van der Waals surface area contributed by atoms with Crippen LogP contribution in [-0.2, 0) is 15.0 Å². The van der Waals surface area contributed by atoms with E-state index < -0.39 is 22.2 Å². The first-order chi connectivity index (χ1) is 5.43. The molecular weight excluding hydrogens is 184 g/mol. The summed E-state index contributed by atoms with van der Waals surface area (Å²) < 4.78 is 25.5. The van der Waals surface area contributed by atoms with Gasteiger partial charge in [0.05, 0.1) is 0 Å². The smallest absolute Gasteiger partial charge is 0.321 e. The topological polar surface area (TPSA) is 95.5 Å². The lowest BCUT2D eigenvalue weighted by atomic mass is 10.2. The summed E-state index contributed by atoms with van der Waals surface area (Å²) in [5, 5.41) is 8.48. The van der Waals surface area contributed by atoms with Gasteiger partial charge in [0.1, 0.15) is 6.04 Å².